The molecule has 0 bridgehead atoms. The van der Waals surface area contributed by atoms with Crippen molar-refractivity contribution in [2.75, 3.05) is 0 Å². The molecule has 0 fully saturated rings. The lowest BCUT2D eigenvalue weighted by molar-refractivity contribution is 0.0994. The van der Waals surface area contributed by atoms with Crippen LogP contribution in [0.1, 0.15) is 36.2 Å². The molecule has 0 radical (unpaired) electrons. The molecule has 0 aliphatic heterocycles. The van der Waals surface area contributed by atoms with Crippen LogP contribution in [0.3, 0.4) is 0 Å². The number of hydrogen-bond donors (Lipinski definition) is 0. The van der Waals surface area contributed by atoms with Crippen LogP contribution in [-0.2, 0) is 6.42 Å². The van der Waals surface area contributed by atoms with Gasteiger partial charge in [-0.2, -0.15) is 0 Å². The fourth-order valence-electron chi connectivity index (χ4n) is 1.33. The average molecular weight is 242 g/mol. The van der Waals surface area contributed by atoms with Crippen molar-refractivity contribution >= 4 is 21.7 Å². The lowest BCUT2D eigenvalue weighted by Gasteiger charge is -1.97. The second-order valence-electron chi connectivity index (χ2n) is 2.57. The fraction of sp³-hybridized carbons (Fsp3) is 0.400. The summed E-state index contributed by atoms with van der Waals surface area (Å²) in [4.78, 5) is 15.1. The lowest BCUT2D eigenvalue weighted by atomic mass is 10.2. The first kappa shape index (κ1) is 10.4. The Hall–Kier alpha value is -0.700. The smallest absolute Gasteiger partial charge is 0.165 e. The maximum atomic E-state index is 11.2. The van der Waals surface area contributed by atoms with Crippen molar-refractivity contribution in [1.29, 1.82) is 0 Å². The molecule has 1 aromatic heterocycles. The van der Waals surface area contributed by atoms with Crippen molar-refractivity contribution in [2.45, 2.75) is 26.7 Å². The zero-order valence-corrected chi connectivity index (χ0v) is 9.39. The van der Waals surface area contributed by atoms with E-state index in [9.17, 15) is 4.79 Å². The number of pyridine rings is 1. The van der Waals surface area contributed by atoms with Gasteiger partial charge in [0.25, 0.3) is 0 Å². The number of fused-ring (bicyclic) bond motifs is 1. The average Bonchev–Trinajstić information content (AvgIpc) is 2.53. The Morgan fingerprint density at radius 3 is 2.62 bits per heavy atom. The van der Waals surface area contributed by atoms with Crippen molar-refractivity contribution in [2.24, 2.45) is 0 Å². The molecule has 13 heavy (non-hydrogen) atoms. The molecule has 70 valence electrons. The quantitative estimate of drug-likeness (QED) is 0.699. The molecule has 1 aromatic rings. The monoisotopic (exact) mass is 241 g/mol. The van der Waals surface area contributed by atoms with E-state index in [0.29, 0.717) is 6.42 Å². The molecule has 0 amide bonds. The van der Waals surface area contributed by atoms with Crippen LogP contribution in [0.25, 0.3) is 0 Å². The normalized spacial score (nSPS) is 13.3. The molecule has 0 atom stereocenters. The van der Waals surface area contributed by atoms with Crippen LogP contribution in [0.2, 0.25) is 0 Å². The summed E-state index contributed by atoms with van der Waals surface area (Å²) in [6.45, 7) is 4.00. The molecule has 0 spiro atoms. The standard InChI is InChI=1S/C8H6BrNO.C2H6/c9-7-4-10-3-6-5(7)1-2-8(6)11;1-2/h3-4H,1-2H2;1-2H3. The highest BCUT2D eigenvalue weighted by Gasteiger charge is 2.21. The number of ketones is 1. The van der Waals surface area contributed by atoms with E-state index in [4.69, 9.17) is 0 Å². The maximum Gasteiger partial charge on any atom is 0.165 e. The van der Waals surface area contributed by atoms with Gasteiger partial charge in [-0.25, -0.2) is 0 Å². The van der Waals surface area contributed by atoms with Crippen LogP contribution in [0.15, 0.2) is 16.9 Å². The first-order chi connectivity index (χ1) is 6.29. The maximum absolute atomic E-state index is 11.2. The van der Waals surface area contributed by atoms with Crippen molar-refractivity contribution in [1.82, 2.24) is 4.98 Å². The van der Waals surface area contributed by atoms with Gasteiger partial charge in [-0.05, 0) is 27.9 Å². The van der Waals surface area contributed by atoms with Crippen LogP contribution < -0.4 is 0 Å². The predicted molar refractivity (Wildman–Crippen MR) is 55.9 cm³/mol. The topological polar surface area (TPSA) is 30.0 Å². The Bertz CT molecular complexity index is 323. The van der Waals surface area contributed by atoms with Gasteiger partial charge >= 0.3 is 0 Å². The van der Waals surface area contributed by atoms with E-state index in [0.717, 1.165) is 22.0 Å². The Morgan fingerprint density at radius 2 is 2.00 bits per heavy atom. The minimum absolute atomic E-state index is 0.216. The molecular formula is C10H12BrNO. The van der Waals surface area contributed by atoms with Crippen molar-refractivity contribution in [3.8, 4) is 0 Å². The lowest BCUT2D eigenvalue weighted by Crippen LogP contribution is -1.91. The number of aromatic nitrogens is 1. The number of rotatable bonds is 0. The molecule has 0 saturated carbocycles. The Balaban J connectivity index is 0.000000396. The number of halogens is 1. The molecule has 0 aromatic carbocycles. The Kier molecular flexibility index (Phi) is 3.60. The number of Topliss-reactive ketones (excluding diaryl/α,β-unsaturated/α-hetero) is 1. The molecular weight excluding hydrogens is 230 g/mol. The van der Waals surface area contributed by atoms with Crippen LogP contribution in [0.5, 0.6) is 0 Å². The molecule has 0 saturated heterocycles. The van der Waals surface area contributed by atoms with Crippen molar-refractivity contribution < 1.29 is 4.79 Å². The van der Waals surface area contributed by atoms with Gasteiger partial charge in [-0.1, -0.05) is 13.8 Å². The Morgan fingerprint density at radius 1 is 1.31 bits per heavy atom. The van der Waals surface area contributed by atoms with E-state index < -0.39 is 0 Å². The van der Waals surface area contributed by atoms with E-state index in [1.807, 2.05) is 13.8 Å². The third kappa shape index (κ3) is 1.97. The summed E-state index contributed by atoms with van der Waals surface area (Å²) in [6, 6.07) is 0. The van der Waals surface area contributed by atoms with E-state index in [2.05, 4.69) is 20.9 Å². The largest absolute Gasteiger partial charge is 0.294 e. The van der Waals surface area contributed by atoms with Gasteiger partial charge in [-0.3, -0.25) is 9.78 Å². The molecule has 0 N–H and O–H groups in total. The summed E-state index contributed by atoms with van der Waals surface area (Å²) in [5.74, 6) is 0.216. The van der Waals surface area contributed by atoms with Crippen LogP contribution in [0, 0.1) is 0 Å². The molecule has 0 unspecified atom stereocenters. The zero-order chi connectivity index (χ0) is 9.84. The minimum atomic E-state index is 0.216. The highest BCUT2D eigenvalue weighted by atomic mass is 79.9. The van der Waals surface area contributed by atoms with Crippen LogP contribution in [-0.4, -0.2) is 10.8 Å². The van der Waals surface area contributed by atoms with Gasteiger partial charge in [-0.15, -0.1) is 0 Å². The number of hydrogen-bond acceptors (Lipinski definition) is 2. The van der Waals surface area contributed by atoms with E-state index >= 15 is 0 Å². The summed E-state index contributed by atoms with van der Waals surface area (Å²) < 4.78 is 0.959. The molecule has 1 heterocycles. The zero-order valence-electron chi connectivity index (χ0n) is 7.80. The van der Waals surface area contributed by atoms with Gasteiger partial charge in [0.05, 0.1) is 0 Å². The second kappa shape index (κ2) is 4.51. The number of nitrogens with zero attached hydrogens (tertiary/aromatic N) is 1. The van der Waals surface area contributed by atoms with E-state index in [1.54, 1.807) is 12.4 Å². The van der Waals surface area contributed by atoms with E-state index in [-0.39, 0.29) is 5.78 Å². The summed E-state index contributed by atoms with van der Waals surface area (Å²) in [6.07, 6.45) is 4.88. The summed E-state index contributed by atoms with van der Waals surface area (Å²) >= 11 is 3.36. The van der Waals surface area contributed by atoms with E-state index in [1.165, 1.54) is 0 Å². The molecule has 1 aliphatic rings. The van der Waals surface area contributed by atoms with Gasteiger partial charge in [0.1, 0.15) is 0 Å². The Labute approximate surface area is 86.5 Å². The highest BCUT2D eigenvalue weighted by Crippen LogP contribution is 2.27. The van der Waals surface area contributed by atoms with Crippen molar-refractivity contribution in [3.05, 3.63) is 28.0 Å². The third-order valence-electron chi connectivity index (χ3n) is 1.91. The highest BCUT2D eigenvalue weighted by molar-refractivity contribution is 9.10. The third-order valence-corrected chi connectivity index (χ3v) is 2.59. The predicted octanol–water partition coefficient (Wildman–Crippen LogP) is 3.00. The SMILES string of the molecule is CC.O=C1CCc2c(Br)cncc21. The number of carbonyl (C=O) groups is 1. The molecule has 2 rings (SSSR count). The fourth-order valence-corrected chi connectivity index (χ4v) is 1.86. The first-order valence-corrected chi connectivity index (χ1v) is 5.24. The van der Waals surface area contributed by atoms with Crippen molar-refractivity contribution in [3.63, 3.8) is 0 Å². The van der Waals surface area contributed by atoms with Gasteiger partial charge in [0.15, 0.2) is 5.78 Å². The van der Waals surface area contributed by atoms with Gasteiger partial charge in [0, 0.05) is 28.9 Å². The van der Waals surface area contributed by atoms with Gasteiger partial charge in [0.2, 0.25) is 0 Å². The first-order valence-electron chi connectivity index (χ1n) is 4.44. The summed E-state index contributed by atoms with van der Waals surface area (Å²) in [7, 11) is 0. The molecule has 3 heteroatoms. The van der Waals surface area contributed by atoms with Gasteiger partial charge < -0.3 is 0 Å². The van der Waals surface area contributed by atoms with Crippen LogP contribution in [0.4, 0.5) is 0 Å². The van der Waals surface area contributed by atoms with Crippen LogP contribution >= 0.6 is 15.9 Å². The summed E-state index contributed by atoms with van der Waals surface area (Å²) in [5, 5.41) is 0. The number of carbonyl (C=O) groups excluding carboxylic acids is 1. The minimum Gasteiger partial charge on any atom is -0.294 e. The second-order valence-corrected chi connectivity index (χ2v) is 3.42. The summed E-state index contributed by atoms with van der Waals surface area (Å²) in [5.41, 5.74) is 1.91. The molecule has 1 aliphatic carbocycles. The molecule has 2 nitrogen and oxygen atoms in total.